The van der Waals surface area contributed by atoms with Crippen molar-refractivity contribution in [2.24, 2.45) is 0 Å². The molecule has 0 saturated carbocycles. The molecule has 0 radical (unpaired) electrons. The van der Waals surface area contributed by atoms with Crippen molar-refractivity contribution in [3.05, 3.63) is 90.0 Å². The van der Waals surface area contributed by atoms with E-state index in [1.165, 1.54) is 25.5 Å². The van der Waals surface area contributed by atoms with Gasteiger partial charge in [-0.2, -0.15) is 0 Å². The fraction of sp³-hybridized carbons (Fsp3) is 0.0952. The summed E-state index contributed by atoms with van der Waals surface area (Å²) in [6, 6.07) is 15.2. The number of ether oxygens (including phenoxy) is 1. The number of Topliss-reactive ketones (excluding diaryl/α,β-unsaturated/α-hetero) is 1. The van der Waals surface area contributed by atoms with Crippen LogP contribution < -0.4 is 5.32 Å². The van der Waals surface area contributed by atoms with Crippen LogP contribution in [0.15, 0.2) is 73.2 Å². The molecule has 3 aromatic rings. The van der Waals surface area contributed by atoms with E-state index in [0.717, 1.165) is 0 Å². The number of benzene rings is 2. The Morgan fingerprint density at radius 1 is 1.00 bits per heavy atom. The molecule has 0 unspecified atom stereocenters. The van der Waals surface area contributed by atoms with Crippen LogP contribution in [0.4, 0.5) is 5.69 Å². The standard InChI is InChI=1S/C21H17N3O4/c1-14(25)16-8-5-9-17(12-16)24-20(26)19(15-6-3-2-4-7-15)28-21(27)18-13-22-10-11-23-18/h2-13,19H,1H3,(H,24,26)/t19-/m1/s1. The van der Waals surface area contributed by atoms with Gasteiger partial charge in [-0.3, -0.25) is 14.6 Å². The summed E-state index contributed by atoms with van der Waals surface area (Å²) in [6.45, 7) is 1.44. The summed E-state index contributed by atoms with van der Waals surface area (Å²) in [5.41, 5.74) is 1.38. The van der Waals surface area contributed by atoms with Crippen molar-refractivity contribution in [3.63, 3.8) is 0 Å². The number of esters is 1. The van der Waals surface area contributed by atoms with E-state index in [2.05, 4.69) is 15.3 Å². The molecule has 0 spiro atoms. The summed E-state index contributed by atoms with van der Waals surface area (Å²) in [7, 11) is 0. The Kier molecular flexibility index (Phi) is 5.86. The van der Waals surface area contributed by atoms with Crippen molar-refractivity contribution in [1.29, 1.82) is 0 Å². The molecule has 0 saturated heterocycles. The van der Waals surface area contributed by atoms with Crippen LogP contribution in [0.3, 0.4) is 0 Å². The van der Waals surface area contributed by atoms with Crippen LogP contribution in [0.5, 0.6) is 0 Å². The summed E-state index contributed by atoms with van der Waals surface area (Å²) >= 11 is 0. The van der Waals surface area contributed by atoms with E-state index in [-0.39, 0.29) is 11.5 Å². The molecule has 3 rings (SSSR count). The van der Waals surface area contributed by atoms with Gasteiger partial charge < -0.3 is 10.1 Å². The maximum Gasteiger partial charge on any atom is 0.359 e. The molecular formula is C21H17N3O4. The Balaban J connectivity index is 1.84. The third-order valence-corrected chi connectivity index (χ3v) is 3.87. The maximum absolute atomic E-state index is 12.9. The minimum absolute atomic E-state index is 0.00481. The lowest BCUT2D eigenvalue weighted by Gasteiger charge is -2.18. The smallest absolute Gasteiger partial charge is 0.359 e. The number of rotatable bonds is 6. The molecule has 1 heterocycles. The SMILES string of the molecule is CC(=O)c1cccc(NC(=O)[C@H](OC(=O)c2cnccn2)c2ccccc2)c1. The van der Waals surface area contributed by atoms with Crippen LogP contribution in [0.25, 0.3) is 0 Å². The highest BCUT2D eigenvalue weighted by Crippen LogP contribution is 2.22. The summed E-state index contributed by atoms with van der Waals surface area (Å²) in [5.74, 6) is -1.44. The molecule has 0 aliphatic carbocycles. The Labute approximate surface area is 161 Å². The lowest BCUT2D eigenvalue weighted by molar-refractivity contribution is -0.125. The number of nitrogens with zero attached hydrogens (tertiary/aromatic N) is 2. The number of nitrogens with one attached hydrogen (secondary N) is 1. The normalized spacial score (nSPS) is 11.3. The first-order valence-corrected chi connectivity index (χ1v) is 8.48. The molecule has 2 aromatic carbocycles. The molecule has 1 amide bonds. The van der Waals surface area contributed by atoms with Gasteiger partial charge in [0.05, 0.1) is 6.20 Å². The predicted molar refractivity (Wildman–Crippen MR) is 102 cm³/mol. The first-order valence-electron chi connectivity index (χ1n) is 8.48. The van der Waals surface area contributed by atoms with E-state index in [1.54, 1.807) is 54.6 Å². The molecule has 1 aromatic heterocycles. The molecule has 1 N–H and O–H groups in total. The average Bonchev–Trinajstić information content (AvgIpc) is 2.73. The molecule has 7 nitrogen and oxygen atoms in total. The second kappa shape index (κ2) is 8.68. The monoisotopic (exact) mass is 375 g/mol. The Hall–Kier alpha value is -3.87. The van der Waals surface area contributed by atoms with Crippen molar-refractivity contribution in [2.75, 3.05) is 5.32 Å². The van der Waals surface area contributed by atoms with Gasteiger partial charge in [-0.15, -0.1) is 0 Å². The van der Waals surface area contributed by atoms with Crippen molar-refractivity contribution in [1.82, 2.24) is 9.97 Å². The van der Waals surface area contributed by atoms with Gasteiger partial charge in [0, 0.05) is 29.2 Å². The molecule has 140 valence electrons. The fourth-order valence-corrected chi connectivity index (χ4v) is 2.50. The van der Waals surface area contributed by atoms with E-state index < -0.39 is 18.0 Å². The van der Waals surface area contributed by atoms with Gasteiger partial charge in [0.2, 0.25) is 6.10 Å². The molecule has 1 atom stereocenters. The van der Waals surface area contributed by atoms with Gasteiger partial charge in [-0.05, 0) is 19.1 Å². The zero-order chi connectivity index (χ0) is 19.9. The number of hydrogen-bond acceptors (Lipinski definition) is 6. The van der Waals surface area contributed by atoms with E-state index in [1.807, 2.05) is 0 Å². The topological polar surface area (TPSA) is 98.2 Å². The Bertz CT molecular complexity index is 991. The second-order valence-electron chi connectivity index (χ2n) is 5.91. The lowest BCUT2D eigenvalue weighted by Crippen LogP contribution is -2.26. The second-order valence-corrected chi connectivity index (χ2v) is 5.91. The first-order chi connectivity index (χ1) is 13.5. The van der Waals surface area contributed by atoms with Gasteiger partial charge in [-0.25, -0.2) is 9.78 Å². The van der Waals surface area contributed by atoms with E-state index >= 15 is 0 Å². The van der Waals surface area contributed by atoms with Gasteiger partial charge in [0.1, 0.15) is 0 Å². The van der Waals surface area contributed by atoms with E-state index in [9.17, 15) is 14.4 Å². The number of hydrogen-bond donors (Lipinski definition) is 1. The molecule has 0 aliphatic heterocycles. The highest BCUT2D eigenvalue weighted by Gasteiger charge is 2.26. The summed E-state index contributed by atoms with van der Waals surface area (Å²) < 4.78 is 5.41. The minimum atomic E-state index is -1.20. The fourth-order valence-electron chi connectivity index (χ4n) is 2.50. The van der Waals surface area contributed by atoms with Crippen LogP contribution in [0.1, 0.15) is 39.4 Å². The van der Waals surface area contributed by atoms with Gasteiger partial charge in [-0.1, -0.05) is 42.5 Å². The predicted octanol–water partition coefficient (Wildman–Crippen LogP) is 3.22. The third kappa shape index (κ3) is 4.64. The number of ketones is 1. The molecule has 28 heavy (non-hydrogen) atoms. The Morgan fingerprint density at radius 3 is 2.46 bits per heavy atom. The highest BCUT2D eigenvalue weighted by atomic mass is 16.5. The third-order valence-electron chi connectivity index (χ3n) is 3.87. The van der Waals surface area contributed by atoms with Crippen LogP contribution in [-0.2, 0) is 9.53 Å². The number of anilines is 1. The van der Waals surface area contributed by atoms with Crippen LogP contribution in [-0.4, -0.2) is 27.6 Å². The van der Waals surface area contributed by atoms with E-state index in [4.69, 9.17) is 4.74 Å². The van der Waals surface area contributed by atoms with Crippen LogP contribution in [0, 0.1) is 0 Å². The van der Waals surface area contributed by atoms with Gasteiger partial charge in [0.25, 0.3) is 5.91 Å². The Morgan fingerprint density at radius 2 is 1.79 bits per heavy atom. The molecule has 0 bridgehead atoms. The lowest BCUT2D eigenvalue weighted by atomic mass is 10.1. The summed E-state index contributed by atoms with van der Waals surface area (Å²) in [5, 5.41) is 2.69. The quantitative estimate of drug-likeness (QED) is 0.525. The number of carbonyl (C=O) groups is 3. The molecular weight excluding hydrogens is 358 g/mol. The van der Waals surface area contributed by atoms with Crippen molar-refractivity contribution < 1.29 is 19.1 Å². The maximum atomic E-state index is 12.9. The zero-order valence-electron chi connectivity index (χ0n) is 15.0. The largest absolute Gasteiger partial charge is 0.443 e. The van der Waals surface area contributed by atoms with Gasteiger partial charge in [0.15, 0.2) is 11.5 Å². The van der Waals surface area contributed by atoms with Crippen molar-refractivity contribution in [3.8, 4) is 0 Å². The number of carbonyl (C=O) groups excluding carboxylic acids is 3. The average molecular weight is 375 g/mol. The first kappa shape index (κ1) is 18.9. The molecule has 0 fully saturated rings. The van der Waals surface area contributed by atoms with Crippen LogP contribution >= 0.6 is 0 Å². The minimum Gasteiger partial charge on any atom is -0.443 e. The van der Waals surface area contributed by atoms with Crippen LogP contribution in [0.2, 0.25) is 0 Å². The highest BCUT2D eigenvalue weighted by molar-refractivity contribution is 5.99. The van der Waals surface area contributed by atoms with Gasteiger partial charge >= 0.3 is 5.97 Å². The molecule has 7 heteroatoms. The van der Waals surface area contributed by atoms with E-state index in [0.29, 0.717) is 16.8 Å². The zero-order valence-corrected chi connectivity index (χ0v) is 15.0. The summed E-state index contributed by atoms with van der Waals surface area (Å²) in [4.78, 5) is 44.5. The van der Waals surface area contributed by atoms with Crippen molar-refractivity contribution >= 4 is 23.3 Å². The number of aromatic nitrogens is 2. The molecule has 0 aliphatic rings. The van der Waals surface area contributed by atoms with Crippen molar-refractivity contribution in [2.45, 2.75) is 13.0 Å². The summed E-state index contributed by atoms with van der Waals surface area (Å²) in [6.07, 6.45) is 2.86. The number of amides is 1.